The van der Waals surface area contributed by atoms with Crippen molar-refractivity contribution in [3.8, 4) is 23.0 Å². The summed E-state index contributed by atoms with van der Waals surface area (Å²) in [5.41, 5.74) is 1.98. The summed E-state index contributed by atoms with van der Waals surface area (Å²) >= 11 is 0. The first-order valence-corrected chi connectivity index (χ1v) is 8.58. The number of ether oxygens (including phenoxy) is 4. The van der Waals surface area contributed by atoms with Gasteiger partial charge in [0.15, 0.2) is 18.3 Å². The van der Waals surface area contributed by atoms with Gasteiger partial charge in [-0.2, -0.15) is 0 Å². The van der Waals surface area contributed by atoms with E-state index in [2.05, 4.69) is 0 Å². The largest absolute Gasteiger partial charge is 0.502 e. The first kappa shape index (κ1) is 18.6. The fraction of sp³-hybridized carbons (Fsp3) is 0.182. The third-order valence-electron chi connectivity index (χ3n) is 3.83. The lowest BCUT2D eigenvalue weighted by molar-refractivity contribution is 0.0506. The minimum Gasteiger partial charge on any atom is -0.502 e. The van der Waals surface area contributed by atoms with Crippen molar-refractivity contribution in [1.29, 1.82) is 0 Å². The van der Waals surface area contributed by atoms with Gasteiger partial charge in [0.2, 0.25) is 5.75 Å². The molecule has 140 valence electrons. The second-order valence-electron chi connectivity index (χ2n) is 5.87. The summed E-state index contributed by atoms with van der Waals surface area (Å²) in [7, 11) is 1.54. The minimum absolute atomic E-state index is 0.0633. The monoisotopic (exact) mass is 366 g/mol. The van der Waals surface area contributed by atoms with Crippen molar-refractivity contribution in [2.24, 2.45) is 0 Å². The molecule has 0 saturated heterocycles. The number of benzene rings is 3. The zero-order chi connectivity index (χ0) is 18.9. The van der Waals surface area contributed by atoms with Gasteiger partial charge in [-0.1, -0.05) is 60.7 Å². The van der Waals surface area contributed by atoms with Crippen LogP contribution in [0.15, 0.2) is 72.8 Å². The van der Waals surface area contributed by atoms with Gasteiger partial charge in [-0.15, -0.1) is 0 Å². The van der Waals surface area contributed by atoms with E-state index < -0.39 is 0 Å². The van der Waals surface area contributed by atoms with Gasteiger partial charge in [-0.05, 0) is 11.1 Å². The highest BCUT2D eigenvalue weighted by Crippen LogP contribution is 2.41. The van der Waals surface area contributed by atoms with Crippen LogP contribution < -0.4 is 14.2 Å². The van der Waals surface area contributed by atoms with Crippen LogP contribution in [-0.4, -0.2) is 19.0 Å². The van der Waals surface area contributed by atoms with Crippen LogP contribution in [0.1, 0.15) is 11.1 Å². The van der Waals surface area contributed by atoms with E-state index in [4.69, 9.17) is 18.9 Å². The topological polar surface area (TPSA) is 57.2 Å². The van der Waals surface area contributed by atoms with Gasteiger partial charge >= 0.3 is 0 Å². The highest BCUT2D eigenvalue weighted by Gasteiger charge is 2.14. The second kappa shape index (κ2) is 9.50. The van der Waals surface area contributed by atoms with Crippen LogP contribution in [0.5, 0.6) is 23.0 Å². The Hall–Kier alpha value is -3.18. The first-order chi connectivity index (χ1) is 13.3. The molecule has 3 aromatic rings. The third kappa shape index (κ3) is 5.39. The molecule has 0 fully saturated rings. The number of phenols is 1. The smallest absolute Gasteiger partial charge is 0.201 e. The van der Waals surface area contributed by atoms with Gasteiger partial charge < -0.3 is 24.1 Å². The molecule has 0 saturated carbocycles. The standard InChI is InChI=1S/C22H22O5/c1-24-16-27-19-12-20(25-14-17-8-4-2-5-9-17)22(23)21(13-19)26-15-18-10-6-3-7-11-18/h2-13,23H,14-16H2,1H3. The van der Waals surface area contributed by atoms with Crippen molar-refractivity contribution in [1.82, 2.24) is 0 Å². The number of methoxy groups -OCH3 is 1. The fourth-order valence-corrected chi connectivity index (χ4v) is 2.46. The Bertz CT molecular complexity index is 769. The molecule has 0 bridgehead atoms. The molecule has 0 amide bonds. The molecule has 0 spiro atoms. The zero-order valence-electron chi connectivity index (χ0n) is 15.1. The van der Waals surface area contributed by atoms with Crippen molar-refractivity contribution in [2.75, 3.05) is 13.9 Å². The van der Waals surface area contributed by atoms with Crippen LogP contribution >= 0.6 is 0 Å². The molecule has 3 aromatic carbocycles. The Balaban J connectivity index is 1.78. The Kier molecular flexibility index (Phi) is 6.55. The molecular weight excluding hydrogens is 344 g/mol. The maximum Gasteiger partial charge on any atom is 0.201 e. The molecule has 0 heterocycles. The van der Waals surface area contributed by atoms with Crippen molar-refractivity contribution in [3.63, 3.8) is 0 Å². The van der Waals surface area contributed by atoms with E-state index in [9.17, 15) is 5.11 Å². The lowest BCUT2D eigenvalue weighted by Gasteiger charge is -2.15. The highest BCUT2D eigenvalue weighted by molar-refractivity contribution is 5.55. The van der Waals surface area contributed by atoms with Gasteiger partial charge in [0.1, 0.15) is 19.0 Å². The SMILES string of the molecule is COCOc1cc(OCc2ccccc2)c(O)c(OCc2ccccc2)c1. The lowest BCUT2D eigenvalue weighted by atomic mass is 10.2. The van der Waals surface area contributed by atoms with E-state index >= 15 is 0 Å². The summed E-state index contributed by atoms with van der Waals surface area (Å²) in [6.07, 6.45) is 0. The molecule has 0 aliphatic rings. The zero-order valence-corrected chi connectivity index (χ0v) is 15.1. The number of hydrogen-bond acceptors (Lipinski definition) is 5. The van der Waals surface area contributed by atoms with E-state index in [1.54, 1.807) is 19.2 Å². The summed E-state index contributed by atoms with van der Waals surface area (Å²) in [6.45, 7) is 0.724. The molecule has 5 nitrogen and oxygen atoms in total. The maximum atomic E-state index is 10.6. The highest BCUT2D eigenvalue weighted by atomic mass is 16.7. The molecular formula is C22H22O5. The van der Waals surface area contributed by atoms with Crippen molar-refractivity contribution < 1.29 is 24.1 Å². The quantitative estimate of drug-likeness (QED) is 0.564. The molecule has 0 aliphatic heterocycles. The normalized spacial score (nSPS) is 10.4. The van der Waals surface area contributed by atoms with Gasteiger partial charge in [0, 0.05) is 19.2 Å². The van der Waals surface area contributed by atoms with Crippen molar-refractivity contribution in [3.05, 3.63) is 83.9 Å². The summed E-state index contributed by atoms with van der Waals surface area (Å²) in [6, 6.07) is 22.7. The number of phenolic OH excluding ortho intramolecular Hbond substituents is 1. The molecule has 0 aromatic heterocycles. The predicted molar refractivity (Wildman–Crippen MR) is 102 cm³/mol. The molecule has 3 rings (SSSR count). The van der Waals surface area contributed by atoms with E-state index in [0.717, 1.165) is 11.1 Å². The van der Waals surface area contributed by atoms with Gasteiger partial charge in [0.05, 0.1) is 0 Å². The van der Waals surface area contributed by atoms with E-state index in [-0.39, 0.29) is 24.0 Å². The molecule has 1 N–H and O–H groups in total. The van der Waals surface area contributed by atoms with Crippen LogP contribution in [0, 0.1) is 0 Å². The van der Waals surface area contributed by atoms with Gasteiger partial charge in [-0.25, -0.2) is 0 Å². The molecule has 5 heteroatoms. The van der Waals surface area contributed by atoms with Crippen LogP contribution in [0.25, 0.3) is 0 Å². The van der Waals surface area contributed by atoms with Crippen LogP contribution in [0.4, 0.5) is 0 Å². The van der Waals surface area contributed by atoms with Crippen LogP contribution in [0.2, 0.25) is 0 Å². The average Bonchev–Trinajstić information content (AvgIpc) is 2.72. The summed E-state index contributed by atoms with van der Waals surface area (Å²) in [4.78, 5) is 0. The Morgan fingerprint density at radius 2 is 1.19 bits per heavy atom. The average molecular weight is 366 g/mol. The Morgan fingerprint density at radius 1 is 0.704 bits per heavy atom. The van der Waals surface area contributed by atoms with Crippen LogP contribution in [0.3, 0.4) is 0 Å². The van der Waals surface area contributed by atoms with E-state index in [1.807, 2.05) is 60.7 Å². The van der Waals surface area contributed by atoms with E-state index in [1.165, 1.54) is 0 Å². The Morgan fingerprint density at radius 3 is 1.63 bits per heavy atom. The van der Waals surface area contributed by atoms with Gasteiger partial charge in [0.25, 0.3) is 0 Å². The first-order valence-electron chi connectivity index (χ1n) is 8.58. The molecule has 27 heavy (non-hydrogen) atoms. The van der Waals surface area contributed by atoms with Crippen molar-refractivity contribution in [2.45, 2.75) is 13.2 Å². The maximum absolute atomic E-state index is 10.6. The minimum atomic E-state index is -0.0633. The number of aromatic hydroxyl groups is 1. The Labute approximate surface area is 158 Å². The molecule has 0 aliphatic carbocycles. The van der Waals surface area contributed by atoms with Crippen LogP contribution in [-0.2, 0) is 18.0 Å². The summed E-state index contributed by atoms with van der Waals surface area (Å²) in [5.74, 6) is 0.999. The van der Waals surface area contributed by atoms with Gasteiger partial charge in [-0.3, -0.25) is 0 Å². The molecule has 0 unspecified atom stereocenters. The van der Waals surface area contributed by atoms with Crippen molar-refractivity contribution >= 4 is 0 Å². The lowest BCUT2D eigenvalue weighted by Crippen LogP contribution is -2.02. The summed E-state index contributed by atoms with van der Waals surface area (Å²) < 4.78 is 22.0. The summed E-state index contributed by atoms with van der Waals surface area (Å²) in [5, 5.41) is 10.6. The predicted octanol–water partition coefficient (Wildman–Crippen LogP) is 4.53. The molecule has 0 radical (unpaired) electrons. The second-order valence-corrected chi connectivity index (χ2v) is 5.87. The number of hydrogen-bond donors (Lipinski definition) is 1. The third-order valence-corrected chi connectivity index (χ3v) is 3.83. The molecule has 0 atom stereocenters. The fourth-order valence-electron chi connectivity index (χ4n) is 2.46. The van der Waals surface area contributed by atoms with E-state index in [0.29, 0.717) is 19.0 Å². The number of rotatable bonds is 9.